The first-order valence-corrected chi connectivity index (χ1v) is 4.91. The second-order valence-corrected chi connectivity index (χ2v) is 3.33. The Labute approximate surface area is 87.9 Å². The lowest BCUT2D eigenvalue weighted by molar-refractivity contribution is 0.0519. The normalized spacial score (nSPS) is 18.1. The van der Waals surface area contributed by atoms with Crippen molar-refractivity contribution in [2.45, 2.75) is 12.8 Å². The number of rotatable bonds is 3. The fourth-order valence-electron chi connectivity index (χ4n) is 1.61. The highest BCUT2D eigenvalue weighted by molar-refractivity contribution is 5.88. The van der Waals surface area contributed by atoms with E-state index in [0.717, 1.165) is 11.4 Å². The van der Waals surface area contributed by atoms with Crippen LogP contribution in [0.15, 0.2) is 18.7 Å². The Hall–Kier alpha value is -1.71. The fraction of sp³-hybridized carbons (Fsp3) is 0.364. The molecule has 0 amide bonds. The maximum absolute atomic E-state index is 11.4. The van der Waals surface area contributed by atoms with E-state index in [4.69, 9.17) is 9.47 Å². The quantitative estimate of drug-likeness (QED) is 0.608. The van der Waals surface area contributed by atoms with Gasteiger partial charge in [-0.15, -0.1) is 6.58 Å². The van der Waals surface area contributed by atoms with Crippen LogP contribution < -0.4 is 4.74 Å². The van der Waals surface area contributed by atoms with Crippen molar-refractivity contribution in [3.63, 3.8) is 0 Å². The van der Waals surface area contributed by atoms with Crippen molar-refractivity contribution in [2.24, 2.45) is 0 Å². The molecule has 80 valence electrons. The summed E-state index contributed by atoms with van der Waals surface area (Å²) in [5.74, 6) is 0.518. The van der Waals surface area contributed by atoms with Gasteiger partial charge in [-0.1, -0.05) is 6.08 Å². The number of hydrogen-bond acceptors (Lipinski definition) is 3. The summed E-state index contributed by atoms with van der Waals surface area (Å²) < 4.78 is 10.3. The molecular weight excluding hydrogens is 194 g/mol. The topological polar surface area (TPSA) is 51.3 Å². The summed E-state index contributed by atoms with van der Waals surface area (Å²) in [4.78, 5) is 14.4. The summed E-state index contributed by atoms with van der Waals surface area (Å²) in [5, 5.41) is 0. The average Bonchev–Trinajstić information content (AvgIpc) is 2.76. The van der Waals surface area contributed by atoms with Gasteiger partial charge in [0.15, 0.2) is 0 Å². The molecule has 1 aromatic heterocycles. The average molecular weight is 207 g/mol. The van der Waals surface area contributed by atoms with E-state index in [2.05, 4.69) is 11.6 Å². The highest BCUT2D eigenvalue weighted by atomic mass is 16.5. The van der Waals surface area contributed by atoms with Gasteiger partial charge < -0.3 is 14.5 Å². The van der Waals surface area contributed by atoms with Crippen LogP contribution in [0.1, 0.15) is 29.0 Å². The van der Waals surface area contributed by atoms with Crippen LogP contribution in [0.25, 0.3) is 0 Å². The van der Waals surface area contributed by atoms with Crippen LogP contribution in [0.2, 0.25) is 0 Å². The van der Waals surface area contributed by atoms with E-state index < -0.39 is 0 Å². The zero-order chi connectivity index (χ0) is 10.8. The lowest BCUT2D eigenvalue weighted by atomic mass is 10.1. The minimum atomic E-state index is -0.349. The van der Waals surface area contributed by atoms with Crippen LogP contribution >= 0.6 is 0 Å². The standard InChI is InChI=1S/C11H13NO3/c1-3-7-6-15-9-5-8(12-10(7)9)11(13)14-4-2/h3,5,7,12H,1,4,6H2,2H3. The van der Waals surface area contributed by atoms with Gasteiger partial charge in [0.25, 0.3) is 0 Å². The van der Waals surface area contributed by atoms with E-state index in [1.54, 1.807) is 19.1 Å². The minimum absolute atomic E-state index is 0.142. The van der Waals surface area contributed by atoms with Gasteiger partial charge in [0, 0.05) is 6.07 Å². The Balaban J connectivity index is 2.24. The molecule has 1 aliphatic heterocycles. The molecule has 1 atom stereocenters. The fourth-order valence-corrected chi connectivity index (χ4v) is 1.61. The largest absolute Gasteiger partial charge is 0.491 e. The molecule has 0 saturated carbocycles. The summed E-state index contributed by atoms with van der Waals surface area (Å²) in [7, 11) is 0. The molecule has 0 spiro atoms. The molecule has 0 aliphatic carbocycles. The predicted molar refractivity (Wildman–Crippen MR) is 55.2 cm³/mol. The molecule has 0 saturated heterocycles. The van der Waals surface area contributed by atoms with Crippen molar-refractivity contribution in [3.8, 4) is 5.75 Å². The van der Waals surface area contributed by atoms with Gasteiger partial charge >= 0.3 is 5.97 Å². The Morgan fingerprint density at radius 3 is 3.33 bits per heavy atom. The number of fused-ring (bicyclic) bond motifs is 1. The summed E-state index contributed by atoms with van der Waals surface area (Å²) in [6, 6.07) is 1.68. The molecule has 0 fully saturated rings. The number of H-pyrrole nitrogens is 1. The molecule has 0 aromatic carbocycles. The Morgan fingerprint density at radius 2 is 2.67 bits per heavy atom. The highest BCUT2D eigenvalue weighted by Crippen LogP contribution is 2.34. The number of ether oxygens (including phenoxy) is 2. The number of carbonyl (C=O) groups is 1. The zero-order valence-corrected chi connectivity index (χ0v) is 8.58. The lowest BCUT2D eigenvalue weighted by Gasteiger charge is -2.01. The highest BCUT2D eigenvalue weighted by Gasteiger charge is 2.26. The van der Waals surface area contributed by atoms with Crippen LogP contribution in [0.5, 0.6) is 5.75 Å². The number of aromatic amines is 1. The van der Waals surface area contributed by atoms with Crippen molar-refractivity contribution in [1.82, 2.24) is 4.98 Å². The molecule has 0 radical (unpaired) electrons. The smallest absolute Gasteiger partial charge is 0.354 e. The number of nitrogens with one attached hydrogen (secondary N) is 1. The molecule has 0 bridgehead atoms. The second kappa shape index (κ2) is 3.81. The third kappa shape index (κ3) is 1.63. The molecule has 15 heavy (non-hydrogen) atoms. The molecule has 2 heterocycles. The Bertz CT molecular complexity index is 395. The molecule has 1 N–H and O–H groups in total. The summed E-state index contributed by atoms with van der Waals surface area (Å²) in [6.45, 7) is 6.45. The van der Waals surface area contributed by atoms with Crippen molar-refractivity contribution in [2.75, 3.05) is 13.2 Å². The molecule has 2 rings (SSSR count). The first-order chi connectivity index (χ1) is 7.26. The first kappa shape index (κ1) is 9.83. The third-order valence-corrected chi connectivity index (χ3v) is 2.38. The van der Waals surface area contributed by atoms with Gasteiger partial charge in [-0.2, -0.15) is 0 Å². The van der Waals surface area contributed by atoms with Crippen LogP contribution in [0.4, 0.5) is 0 Å². The zero-order valence-electron chi connectivity index (χ0n) is 8.58. The van der Waals surface area contributed by atoms with Gasteiger partial charge in [0.2, 0.25) is 0 Å². The molecule has 4 heteroatoms. The molecule has 1 aliphatic rings. The van der Waals surface area contributed by atoms with E-state index in [9.17, 15) is 4.79 Å². The maximum Gasteiger partial charge on any atom is 0.354 e. The lowest BCUT2D eigenvalue weighted by Crippen LogP contribution is -2.06. The summed E-state index contributed by atoms with van der Waals surface area (Å²) in [6.07, 6.45) is 1.80. The van der Waals surface area contributed by atoms with E-state index in [1.807, 2.05) is 0 Å². The van der Waals surface area contributed by atoms with Gasteiger partial charge in [-0.05, 0) is 6.92 Å². The first-order valence-electron chi connectivity index (χ1n) is 4.91. The molecule has 4 nitrogen and oxygen atoms in total. The van der Waals surface area contributed by atoms with E-state index in [0.29, 0.717) is 18.9 Å². The van der Waals surface area contributed by atoms with E-state index in [1.165, 1.54) is 0 Å². The van der Waals surface area contributed by atoms with Crippen molar-refractivity contribution in [1.29, 1.82) is 0 Å². The molecule has 1 aromatic rings. The summed E-state index contributed by atoms with van der Waals surface area (Å²) >= 11 is 0. The molecular formula is C11H13NO3. The third-order valence-electron chi connectivity index (χ3n) is 2.38. The van der Waals surface area contributed by atoms with Crippen molar-refractivity contribution >= 4 is 5.97 Å². The number of esters is 1. The van der Waals surface area contributed by atoms with E-state index >= 15 is 0 Å². The van der Waals surface area contributed by atoms with Gasteiger partial charge in [-0.3, -0.25) is 0 Å². The van der Waals surface area contributed by atoms with Gasteiger partial charge in [0.05, 0.1) is 18.2 Å². The second-order valence-electron chi connectivity index (χ2n) is 3.33. The van der Waals surface area contributed by atoms with Crippen LogP contribution in [-0.4, -0.2) is 24.2 Å². The number of hydrogen-bond donors (Lipinski definition) is 1. The predicted octanol–water partition coefficient (Wildman–Crippen LogP) is 1.85. The number of aromatic nitrogens is 1. The van der Waals surface area contributed by atoms with Crippen LogP contribution in [0.3, 0.4) is 0 Å². The SMILES string of the molecule is C=CC1COc2cc(C(=O)OCC)[nH]c21. The number of carbonyl (C=O) groups excluding carboxylic acids is 1. The van der Waals surface area contributed by atoms with Crippen molar-refractivity contribution in [3.05, 3.63) is 30.1 Å². The van der Waals surface area contributed by atoms with Crippen LogP contribution in [0, 0.1) is 0 Å². The van der Waals surface area contributed by atoms with Crippen molar-refractivity contribution < 1.29 is 14.3 Å². The van der Waals surface area contributed by atoms with E-state index in [-0.39, 0.29) is 11.9 Å². The monoisotopic (exact) mass is 207 g/mol. The Morgan fingerprint density at radius 1 is 1.87 bits per heavy atom. The maximum atomic E-state index is 11.4. The summed E-state index contributed by atoms with van der Waals surface area (Å²) in [5.41, 5.74) is 1.35. The minimum Gasteiger partial charge on any atom is -0.491 e. The molecule has 1 unspecified atom stereocenters. The van der Waals surface area contributed by atoms with Crippen LogP contribution in [-0.2, 0) is 4.74 Å². The Kier molecular flexibility index (Phi) is 2.49. The van der Waals surface area contributed by atoms with Gasteiger partial charge in [0.1, 0.15) is 18.1 Å². The van der Waals surface area contributed by atoms with Gasteiger partial charge in [-0.25, -0.2) is 4.79 Å².